The Labute approximate surface area is 147 Å². The molecule has 0 radical (unpaired) electrons. The number of fused-ring (bicyclic) bond motifs is 1. The third-order valence-electron chi connectivity index (χ3n) is 4.47. The number of rotatable bonds is 3. The summed E-state index contributed by atoms with van der Waals surface area (Å²) in [4.78, 5) is 8.91. The highest BCUT2D eigenvalue weighted by Crippen LogP contribution is 2.30. The van der Waals surface area contributed by atoms with Crippen LogP contribution in [0.25, 0.3) is 33.3 Å². The molecule has 3 nitrogen and oxygen atoms in total. The predicted octanol–water partition coefficient (Wildman–Crippen LogP) is 5.11. The van der Waals surface area contributed by atoms with Gasteiger partial charge in [-0.05, 0) is 53.4 Å². The molecule has 2 heterocycles. The number of hydrogen-bond donors (Lipinski definition) is 1. The Morgan fingerprint density at radius 2 is 1.72 bits per heavy atom. The van der Waals surface area contributed by atoms with E-state index < -0.39 is 0 Å². The third-order valence-corrected chi connectivity index (χ3v) is 4.47. The van der Waals surface area contributed by atoms with E-state index in [2.05, 4.69) is 48.3 Å². The van der Waals surface area contributed by atoms with Crippen LogP contribution in [0.3, 0.4) is 0 Å². The van der Waals surface area contributed by atoms with Crippen LogP contribution >= 0.6 is 0 Å². The zero-order valence-corrected chi connectivity index (χ0v) is 14.1. The normalized spacial score (nSPS) is 10.9. The Morgan fingerprint density at radius 1 is 0.880 bits per heavy atom. The van der Waals surface area contributed by atoms with E-state index in [1.54, 1.807) is 12.4 Å². The van der Waals surface area contributed by atoms with Gasteiger partial charge < -0.3 is 5.73 Å². The number of benzene rings is 2. The molecule has 0 saturated carbocycles. The number of hydrogen-bond acceptors (Lipinski definition) is 3. The van der Waals surface area contributed by atoms with Crippen molar-refractivity contribution < 1.29 is 0 Å². The second kappa shape index (κ2) is 6.36. The highest BCUT2D eigenvalue weighted by atomic mass is 14.7. The molecule has 0 aliphatic carbocycles. The molecule has 4 rings (SSSR count). The van der Waals surface area contributed by atoms with Gasteiger partial charge in [0, 0.05) is 29.0 Å². The first kappa shape index (κ1) is 15.3. The molecule has 25 heavy (non-hydrogen) atoms. The fourth-order valence-corrected chi connectivity index (χ4v) is 3.06. The maximum absolute atomic E-state index is 6.34. The number of nitrogens with zero attached hydrogens (tertiary/aromatic N) is 2. The van der Waals surface area contributed by atoms with Crippen LogP contribution in [0.5, 0.6) is 0 Å². The Kier molecular flexibility index (Phi) is 3.90. The zero-order valence-electron chi connectivity index (χ0n) is 14.1. The van der Waals surface area contributed by atoms with Crippen LogP contribution in [0.1, 0.15) is 12.5 Å². The van der Waals surface area contributed by atoms with Crippen LogP contribution < -0.4 is 5.73 Å². The summed E-state index contributed by atoms with van der Waals surface area (Å²) in [6, 6.07) is 20.7. The van der Waals surface area contributed by atoms with Gasteiger partial charge in [0.2, 0.25) is 0 Å². The first-order chi connectivity index (χ1) is 12.2. The number of aryl methyl sites for hydroxylation is 1. The first-order valence-corrected chi connectivity index (χ1v) is 8.44. The molecule has 0 saturated heterocycles. The van der Waals surface area contributed by atoms with Gasteiger partial charge in [0.05, 0.1) is 11.2 Å². The van der Waals surface area contributed by atoms with Gasteiger partial charge in [0.1, 0.15) is 0 Å². The molecule has 0 aliphatic heterocycles. The number of nitrogen functional groups attached to an aromatic ring is 1. The van der Waals surface area contributed by atoms with Crippen LogP contribution in [-0.4, -0.2) is 9.97 Å². The average molecular weight is 325 g/mol. The van der Waals surface area contributed by atoms with Crippen LogP contribution in [0.15, 0.2) is 73.1 Å². The molecule has 0 aliphatic rings. The standard InChI is InChI=1S/C22H19N3/c1-2-15-5-3-6-16(11-15)17-8-9-21-19(12-17)20(23)13-22(25-21)18-7-4-10-24-14-18/h3-14H,2H2,1H3,(H2,23,25). The molecule has 0 amide bonds. The Morgan fingerprint density at radius 3 is 2.52 bits per heavy atom. The molecule has 0 fully saturated rings. The molecule has 122 valence electrons. The molecule has 0 atom stereocenters. The van der Waals surface area contributed by atoms with Gasteiger partial charge in [0.15, 0.2) is 0 Å². The lowest BCUT2D eigenvalue weighted by Gasteiger charge is -2.09. The SMILES string of the molecule is CCc1cccc(-c2ccc3nc(-c4cccnc4)cc(N)c3c2)c1. The molecule has 0 bridgehead atoms. The monoisotopic (exact) mass is 325 g/mol. The van der Waals surface area contributed by atoms with E-state index in [-0.39, 0.29) is 0 Å². The van der Waals surface area contributed by atoms with E-state index in [0.29, 0.717) is 0 Å². The largest absolute Gasteiger partial charge is 0.398 e. The maximum atomic E-state index is 6.34. The summed E-state index contributed by atoms with van der Waals surface area (Å²) in [5, 5.41) is 0.979. The lowest BCUT2D eigenvalue weighted by atomic mass is 9.99. The quantitative estimate of drug-likeness (QED) is 0.569. The summed E-state index contributed by atoms with van der Waals surface area (Å²) >= 11 is 0. The molecule has 2 aromatic carbocycles. The number of anilines is 1. The molecule has 0 spiro atoms. The summed E-state index contributed by atoms with van der Waals surface area (Å²) in [6.45, 7) is 2.17. The van der Waals surface area contributed by atoms with Crippen molar-refractivity contribution in [1.82, 2.24) is 9.97 Å². The smallest absolute Gasteiger partial charge is 0.0745 e. The summed E-state index contributed by atoms with van der Waals surface area (Å²) in [6.07, 6.45) is 4.59. The first-order valence-electron chi connectivity index (χ1n) is 8.44. The number of aromatic nitrogens is 2. The fourth-order valence-electron chi connectivity index (χ4n) is 3.06. The second-order valence-electron chi connectivity index (χ2n) is 6.12. The van der Waals surface area contributed by atoms with Crippen molar-refractivity contribution in [2.45, 2.75) is 13.3 Å². The van der Waals surface area contributed by atoms with Gasteiger partial charge in [-0.1, -0.05) is 37.3 Å². The Bertz CT molecular complexity index is 1040. The molecule has 2 aromatic heterocycles. The van der Waals surface area contributed by atoms with E-state index in [1.165, 1.54) is 11.1 Å². The van der Waals surface area contributed by atoms with E-state index in [0.717, 1.165) is 39.8 Å². The molecule has 2 N–H and O–H groups in total. The lowest BCUT2D eigenvalue weighted by molar-refractivity contribution is 1.14. The predicted molar refractivity (Wildman–Crippen MR) is 104 cm³/mol. The zero-order chi connectivity index (χ0) is 17.2. The lowest BCUT2D eigenvalue weighted by Crippen LogP contribution is -1.93. The van der Waals surface area contributed by atoms with Gasteiger partial charge in [-0.2, -0.15) is 0 Å². The van der Waals surface area contributed by atoms with Crippen LogP contribution in [0, 0.1) is 0 Å². The topological polar surface area (TPSA) is 51.8 Å². The Hall–Kier alpha value is -3.20. The van der Waals surface area contributed by atoms with Crippen LogP contribution in [-0.2, 0) is 6.42 Å². The molecule has 0 unspecified atom stereocenters. The van der Waals surface area contributed by atoms with Crippen LogP contribution in [0.4, 0.5) is 5.69 Å². The summed E-state index contributed by atoms with van der Waals surface area (Å²) in [5.74, 6) is 0. The molecule has 3 heteroatoms. The minimum Gasteiger partial charge on any atom is -0.398 e. The minimum absolute atomic E-state index is 0.734. The van der Waals surface area contributed by atoms with Gasteiger partial charge >= 0.3 is 0 Å². The summed E-state index contributed by atoms with van der Waals surface area (Å²) in [5.41, 5.74) is 13.5. The van der Waals surface area contributed by atoms with Gasteiger partial charge in [-0.15, -0.1) is 0 Å². The summed E-state index contributed by atoms with van der Waals surface area (Å²) in [7, 11) is 0. The van der Waals surface area contributed by atoms with Crippen molar-refractivity contribution in [3.8, 4) is 22.4 Å². The minimum atomic E-state index is 0.734. The van der Waals surface area contributed by atoms with Crippen molar-refractivity contribution in [3.05, 3.63) is 78.6 Å². The highest BCUT2D eigenvalue weighted by molar-refractivity contribution is 5.95. The second-order valence-corrected chi connectivity index (χ2v) is 6.12. The average Bonchev–Trinajstić information content (AvgIpc) is 2.68. The van der Waals surface area contributed by atoms with E-state index in [4.69, 9.17) is 10.7 Å². The molecular weight excluding hydrogens is 306 g/mol. The highest BCUT2D eigenvalue weighted by Gasteiger charge is 2.08. The van der Waals surface area contributed by atoms with E-state index in [9.17, 15) is 0 Å². The van der Waals surface area contributed by atoms with Gasteiger partial charge in [0.25, 0.3) is 0 Å². The number of pyridine rings is 2. The molecule has 4 aromatic rings. The van der Waals surface area contributed by atoms with Crippen molar-refractivity contribution in [2.24, 2.45) is 0 Å². The van der Waals surface area contributed by atoms with E-state index in [1.807, 2.05) is 24.3 Å². The molecular formula is C22H19N3. The van der Waals surface area contributed by atoms with E-state index >= 15 is 0 Å². The van der Waals surface area contributed by atoms with Crippen molar-refractivity contribution >= 4 is 16.6 Å². The van der Waals surface area contributed by atoms with Crippen LogP contribution in [0.2, 0.25) is 0 Å². The van der Waals surface area contributed by atoms with Crippen molar-refractivity contribution in [1.29, 1.82) is 0 Å². The fraction of sp³-hybridized carbons (Fsp3) is 0.0909. The third kappa shape index (κ3) is 2.96. The Balaban J connectivity index is 1.83. The summed E-state index contributed by atoms with van der Waals surface area (Å²) < 4.78 is 0. The van der Waals surface area contributed by atoms with Gasteiger partial charge in [-0.3, -0.25) is 4.98 Å². The van der Waals surface area contributed by atoms with Crippen molar-refractivity contribution in [3.63, 3.8) is 0 Å². The maximum Gasteiger partial charge on any atom is 0.0745 e. The van der Waals surface area contributed by atoms with Gasteiger partial charge in [-0.25, -0.2) is 4.98 Å². The van der Waals surface area contributed by atoms with Crippen molar-refractivity contribution in [2.75, 3.05) is 5.73 Å². The number of nitrogens with two attached hydrogens (primary N) is 1.